The van der Waals surface area contributed by atoms with Crippen LogP contribution < -0.4 is 0 Å². The molecular weight excluding hydrogens is 296 g/mol. The van der Waals surface area contributed by atoms with Crippen LogP contribution in [0.15, 0.2) is 0 Å². The van der Waals surface area contributed by atoms with Crippen LogP contribution in [0.1, 0.15) is 32.1 Å². The Hall–Kier alpha value is -1.14. The third kappa shape index (κ3) is 3.69. The zero-order chi connectivity index (χ0) is 16.3. The molecule has 1 atom stereocenters. The Morgan fingerprint density at radius 3 is 2.78 bits per heavy atom. The predicted octanol–water partition coefficient (Wildman–Crippen LogP) is 0.901. The van der Waals surface area contributed by atoms with Crippen molar-refractivity contribution in [2.24, 2.45) is 11.3 Å². The molecule has 6 heteroatoms. The molecule has 130 valence electrons. The highest BCUT2D eigenvalue weighted by atomic mass is 16.5. The van der Waals surface area contributed by atoms with Crippen LogP contribution in [-0.2, 0) is 19.1 Å². The summed E-state index contributed by atoms with van der Waals surface area (Å²) < 4.78 is 10.5. The van der Waals surface area contributed by atoms with Crippen molar-refractivity contribution in [1.29, 1.82) is 0 Å². The van der Waals surface area contributed by atoms with E-state index in [0.717, 1.165) is 45.3 Å². The fourth-order valence-corrected chi connectivity index (χ4v) is 4.10. The van der Waals surface area contributed by atoms with Gasteiger partial charge in [-0.2, -0.15) is 0 Å². The number of hydrogen-bond acceptors (Lipinski definition) is 4. The molecule has 3 aliphatic heterocycles. The van der Waals surface area contributed by atoms with E-state index in [-0.39, 0.29) is 23.1 Å². The fraction of sp³-hybridized carbons (Fsp3) is 0.882. The van der Waals surface area contributed by atoms with Crippen molar-refractivity contribution in [1.82, 2.24) is 9.80 Å². The van der Waals surface area contributed by atoms with E-state index in [1.165, 1.54) is 0 Å². The van der Waals surface area contributed by atoms with Crippen molar-refractivity contribution in [3.05, 3.63) is 0 Å². The summed E-state index contributed by atoms with van der Waals surface area (Å²) in [5.41, 5.74) is 0.199. The van der Waals surface area contributed by atoms with Crippen molar-refractivity contribution in [3.63, 3.8) is 0 Å². The SMILES string of the molecule is COCCN1CC2(CCC1=O)CCN(C(=O)[C@H]1CCOC1)CC2. The van der Waals surface area contributed by atoms with Crippen LogP contribution in [0.5, 0.6) is 0 Å². The summed E-state index contributed by atoms with van der Waals surface area (Å²) in [6.45, 7) is 5.03. The molecule has 0 aliphatic carbocycles. The number of ether oxygens (including phenoxy) is 2. The third-order valence-electron chi connectivity index (χ3n) is 5.73. The maximum Gasteiger partial charge on any atom is 0.228 e. The Morgan fingerprint density at radius 1 is 1.35 bits per heavy atom. The zero-order valence-electron chi connectivity index (χ0n) is 14.1. The molecule has 0 aromatic heterocycles. The van der Waals surface area contributed by atoms with E-state index in [0.29, 0.717) is 32.8 Å². The molecule has 0 radical (unpaired) electrons. The molecule has 0 aromatic carbocycles. The Balaban J connectivity index is 1.54. The van der Waals surface area contributed by atoms with Gasteiger partial charge in [0.15, 0.2) is 0 Å². The van der Waals surface area contributed by atoms with E-state index >= 15 is 0 Å². The minimum atomic E-state index is 0.0650. The topological polar surface area (TPSA) is 59.1 Å². The average molecular weight is 324 g/mol. The first kappa shape index (κ1) is 16.7. The van der Waals surface area contributed by atoms with Gasteiger partial charge in [-0.05, 0) is 31.1 Å². The summed E-state index contributed by atoms with van der Waals surface area (Å²) >= 11 is 0. The highest BCUT2D eigenvalue weighted by Crippen LogP contribution is 2.40. The molecule has 0 saturated carbocycles. The maximum atomic E-state index is 12.5. The summed E-state index contributed by atoms with van der Waals surface area (Å²) in [7, 11) is 1.67. The molecule has 3 heterocycles. The van der Waals surface area contributed by atoms with Gasteiger partial charge in [-0.25, -0.2) is 0 Å². The van der Waals surface area contributed by atoms with Gasteiger partial charge in [-0.15, -0.1) is 0 Å². The lowest BCUT2D eigenvalue weighted by molar-refractivity contribution is -0.144. The molecule has 0 aromatic rings. The first-order valence-corrected chi connectivity index (χ1v) is 8.77. The van der Waals surface area contributed by atoms with E-state index in [4.69, 9.17) is 9.47 Å². The summed E-state index contributed by atoms with van der Waals surface area (Å²) in [6.07, 6.45) is 4.46. The zero-order valence-corrected chi connectivity index (χ0v) is 14.1. The number of carbonyl (C=O) groups is 2. The van der Waals surface area contributed by atoms with Gasteiger partial charge in [0.25, 0.3) is 0 Å². The molecule has 0 N–H and O–H groups in total. The largest absolute Gasteiger partial charge is 0.383 e. The molecule has 3 aliphatic rings. The van der Waals surface area contributed by atoms with Crippen LogP contribution in [-0.4, -0.2) is 74.7 Å². The van der Waals surface area contributed by atoms with Crippen LogP contribution in [0, 0.1) is 11.3 Å². The monoisotopic (exact) mass is 324 g/mol. The van der Waals surface area contributed by atoms with Gasteiger partial charge in [-0.3, -0.25) is 9.59 Å². The maximum absolute atomic E-state index is 12.5. The Kier molecular flexibility index (Phi) is 5.21. The average Bonchev–Trinajstić information content (AvgIpc) is 3.11. The quantitative estimate of drug-likeness (QED) is 0.771. The third-order valence-corrected chi connectivity index (χ3v) is 5.73. The highest BCUT2D eigenvalue weighted by molar-refractivity contribution is 5.79. The number of methoxy groups -OCH3 is 1. The van der Waals surface area contributed by atoms with E-state index in [2.05, 4.69) is 0 Å². The molecule has 0 bridgehead atoms. The molecule has 6 nitrogen and oxygen atoms in total. The lowest BCUT2D eigenvalue weighted by Crippen LogP contribution is -2.53. The van der Waals surface area contributed by atoms with Crippen molar-refractivity contribution in [2.75, 3.05) is 53.1 Å². The second-order valence-corrected chi connectivity index (χ2v) is 7.19. The molecule has 2 amide bonds. The van der Waals surface area contributed by atoms with Gasteiger partial charge in [0.05, 0.1) is 19.1 Å². The smallest absolute Gasteiger partial charge is 0.228 e. The predicted molar refractivity (Wildman–Crippen MR) is 84.9 cm³/mol. The van der Waals surface area contributed by atoms with E-state index in [1.807, 2.05) is 9.80 Å². The summed E-state index contributed by atoms with van der Waals surface area (Å²) in [6, 6.07) is 0. The van der Waals surface area contributed by atoms with Crippen LogP contribution in [0.25, 0.3) is 0 Å². The number of piperidine rings is 2. The van der Waals surface area contributed by atoms with Crippen LogP contribution in [0.2, 0.25) is 0 Å². The van der Waals surface area contributed by atoms with E-state index in [9.17, 15) is 9.59 Å². The van der Waals surface area contributed by atoms with Gasteiger partial charge in [-0.1, -0.05) is 0 Å². The molecule has 3 saturated heterocycles. The second-order valence-electron chi connectivity index (χ2n) is 7.19. The summed E-state index contributed by atoms with van der Waals surface area (Å²) in [4.78, 5) is 28.5. The summed E-state index contributed by atoms with van der Waals surface area (Å²) in [5.74, 6) is 0.574. The molecule has 0 unspecified atom stereocenters. The number of nitrogens with zero attached hydrogens (tertiary/aromatic N) is 2. The number of amides is 2. The van der Waals surface area contributed by atoms with Crippen molar-refractivity contribution in [3.8, 4) is 0 Å². The number of carbonyl (C=O) groups excluding carboxylic acids is 2. The highest BCUT2D eigenvalue weighted by Gasteiger charge is 2.42. The van der Waals surface area contributed by atoms with Crippen molar-refractivity contribution in [2.45, 2.75) is 32.1 Å². The van der Waals surface area contributed by atoms with Crippen molar-refractivity contribution < 1.29 is 19.1 Å². The minimum absolute atomic E-state index is 0.0650. The van der Waals surface area contributed by atoms with Crippen LogP contribution in [0.4, 0.5) is 0 Å². The Morgan fingerprint density at radius 2 is 2.13 bits per heavy atom. The number of rotatable bonds is 4. The lowest BCUT2D eigenvalue weighted by Gasteiger charge is -2.47. The first-order chi connectivity index (χ1) is 11.1. The normalized spacial score (nSPS) is 27.7. The molecule has 23 heavy (non-hydrogen) atoms. The summed E-state index contributed by atoms with van der Waals surface area (Å²) in [5, 5.41) is 0. The fourth-order valence-electron chi connectivity index (χ4n) is 4.10. The van der Waals surface area contributed by atoms with Crippen molar-refractivity contribution >= 4 is 11.8 Å². The van der Waals surface area contributed by atoms with E-state index < -0.39 is 0 Å². The molecular formula is C17H28N2O4. The van der Waals surface area contributed by atoms with Gasteiger partial charge < -0.3 is 19.3 Å². The Labute approximate surface area is 138 Å². The molecule has 3 fully saturated rings. The van der Waals surface area contributed by atoms with Crippen LogP contribution in [0.3, 0.4) is 0 Å². The second kappa shape index (κ2) is 7.18. The minimum Gasteiger partial charge on any atom is -0.383 e. The van der Waals surface area contributed by atoms with Crippen LogP contribution >= 0.6 is 0 Å². The first-order valence-electron chi connectivity index (χ1n) is 8.77. The molecule has 3 rings (SSSR count). The number of likely N-dealkylation sites (tertiary alicyclic amines) is 2. The van der Waals surface area contributed by atoms with E-state index in [1.54, 1.807) is 7.11 Å². The number of hydrogen-bond donors (Lipinski definition) is 0. The lowest BCUT2D eigenvalue weighted by atomic mass is 9.72. The van der Waals surface area contributed by atoms with Gasteiger partial charge in [0.2, 0.25) is 11.8 Å². The molecule has 1 spiro atoms. The standard InChI is InChI=1S/C17H28N2O4/c1-22-11-9-19-13-17(4-2-15(19)20)5-7-18(8-6-17)16(21)14-3-10-23-12-14/h14H,2-13H2,1H3/t14-/m0/s1. The Bertz CT molecular complexity index is 440. The van der Waals surface area contributed by atoms with Gasteiger partial charge in [0.1, 0.15) is 0 Å². The van der Waals surface area contributed by atoms with Gasteiger partial charge >= 0.3 is 0 Å². The van der Waals surface area contributed by atoms with Gasteiger partial charge in [0, 0.05) is 46.3 Å².